The highest BCUT2D eigenvalue weighted by atomic mass is 32.1. The Labute approximate surface area is 174 Å². The Balaban J connectivity index is 1.54. The van der Waals surface area contributed by atoms with E-state index in [1.807, 2.05) is 24.3 Å². The van der Waals surface area contributed by atoms with Crippen LogP contribution < -0.4 is 10.9 Å². The van der Waals surface area contributed by atoms with Crippen molar-refractivity contribution in [2.24, 2.45) is 5.92 Å². The summed E-state index contributed by atoms with van der Waals surface area (Å²) in [6, 6.07) is 7.85. The molecule has 1 aliphatic carbocycles. The van der Waals surface area contributed by atoms with E-state index in [0.29, 0.717) is 11.3 Å². The largest absolute Gasteiger partial charge is 0.325 e. The van der Waals surface area contributed by atoms with Crippen LogP contribution in [0.15, 0.2) is 35.4 Å². The van der Waals surface area contributed by atoms with Gasteiger partial charge in [-0.05, 0) is 53.9 Å². The van der Waals surface area contributed by atoms with Gasteiger partial charge in [0.05, 0.1) is 11.7 Å². The maximum Gasteiger partial charge on any atom is 0.262 e. The molecule has 0 radical (unpaired) electrons. The zero-order valence-corrected chi connectivity index (χ0v) is 18.2. The van der Waals surface area contributed by atoms with Crippen molar-refractivity contribution in [1.29, 1.82) is 0 Å². The normalized spacial score (nSPS) is 16.6. The number of aryl methyl sites for hydroxylation is 1. The van der Waals surface area contributed by atoms with E-state index in [1.165, 1.54) is 21.3 Å². The molecule has 0 bridgehead atoms. The Morgan fingerprint density at radius 1 is 1.28 bits per heavy atom. The molecule has 1 amide bonds. The summed E-state index contributed by atoms with van der Waals surface area (Å²) in [5.41, 5.74) is 3.03. The maximum atomic E-state index is 13.0. The number of benzene rings is 1. The number of carbonyl (C=O) groups is 1. The van der Waals surface area contributed by atoms with Crippen molar-refractivity contribution in [3.63, 3.8) is 0 Å². The Kier molecular flexibility index (Phi) is 5.07. The first-order chi connectivity index (χ1) is 13.7. The van der Waals surface area contributed by atoms with Crippen molar-refractivity contribution < 1.29 is 4.79 Å². The van der Waals surface area contributed by atoms with E-state index in [-0.39, 0.29) is 23.4 Å². The summed E-state index contributed by atoms with van der Waals surface area (Å²) < 4.78 is 1.42. The number of carbonyl (C=O) groups excluding carboxylic acids is 1. The Hall–Kier alpha value is -2.47. The van der Waals surface area contributed by atoms with Gasteiger partial charge in [0, 0.05) is 10.6 Å². The lowest BCUT2D eigenvalue weighted by molar-refractivity contribution is -0.116. The van der Waals surface area contributed by atoms with E-state index in [4.69, 9.17) is 0 Å². The van der Waals surface area contributed by atoms with Crippen LogP contribution in [0.2, 0.25) is 0 Å². The number of hydrogen-bond acceptors (Lipinski definition) is 4. The maximum absolute atomic E-state index is 13.0. The predicted molar refractivity (Wildman–Crippen MR) is 119 cm³/mol. The van der Waals surface area contributed by atoms with Gasteiger partial charge in [0.1, 0.15) is 11.4 Å². The number of nitrogens with zero attached hydrogens (tertiary/aromatic N) is 2. The van der Waals surface area contributed by atoms with Crippen LogP contribution in [-0.4, -0.2) is 15.5 Å². The first-order valence-corrected chi connectivity index (χ1v) is 10.9. The van der Waals surface area contributed by atoms with Crippen molar-refractivity contribution in [1.82, 2.24) is 9.55 Å². The smallest absolute Gasteiger partial charge is 0.262 e. The molecule has 2 heterocycles. The number of thiophene rings is 1. The molecule has 152 valence electrons. The molecule has 6 heteroatoms. The van der Waals surface area contributed by atoms with Crippen LogP contribution >= 0.6 is 11.3 Å². The molecule has 1 aliphatic rings. The van der Waals surface area contributed by atoms with Gasteiger partial charge < -0.3 is 5.32 Å². The predicted octanol–water partition coefficient (Wildman–Crippen LogP) is 4.52. The van der Waals surface area contributed by atoms with Gasteiger partial charge in [0.15, 0.2) is 0 Å². The summed E-state index contributed by atoms with van der Waals surface area (Å²) in [4.78, 5) is 32.1. The van der Waals surface area contributed by atoms with Gasteiger partial charge in [-0.15, -0.1) is 11.3 Å². The number of nitrogens with one attached hydrogen (secondary N) is 1. The van der Waals surface area contributed by atoms with E-state index < -0.39 is 0 Å². The summed E-state index contributed by atoms with van der Waals surface area (Å²) in [7, 11) is 0. The summed E-state index contributed by atoms with van der Waals surface area (Å²) in [6.45, 7) is 8.67. The minimum absolute atomic E-state index is 0.0379. The minimum atomic E-state index is -0.227. The van der Waals surface area contributed by atoms with Crippen LogP contribution in [0.1, 0.15) is 50.1 Å². The third-order valence-electron chi connectivity index (χ3n) is 5.63. The monoisotopic (exact) mass is 409 g/mol. The van der Waals surface area contributed by atoms with E-state index in [9.17, 15) is 9.59 Å². The molecule has 3 aromatic rings. The van der Waals surface area contributed by atoms with E-state index in [2.05, 4.69) is 38.0 Å². The summed E-state index contributed by atoms with van der Waals surface area (Å²) in [6.07, 6.45) is 4.53. The molecule has 0 aliphatic heterocycles. The van der Waals surface area contributed by atoms with Crippen molar-refractivity contribution >= 4 is 33.1 Å². The highest BCUT2D eigenvalue weighted by molar-refractivity contribution is 7.18. The van der Waals surface area contributed by atoms with Crippen LogP contribution in [0.3, 0.4) is 0 Å². The van der Waals surface area contributed by atoms with Crippen LogP contribution in [0.4, 0.5) is 5.69 Å². The second-order valence-corrected chi connectivity index (χ2v) is 10.2. The second-order valence-electron chi connectivity index (χ2n) is 9.09. The van der Waals surface area contributed by atoms with Crippen molar-refractivity contribution in [2.45, 2.75) is 58.9 Å². The van der Waals surface area contributed by atoms with Crippen LogP contribution in [0.25, 0.3) is 10.2 Å². The lowest BCUT2D eigenvalue weighted by Crippen LogP contribution is -2.28. The Morgan fingerprint density at radius 2 is 2.00 bits per heavy atom. The van der Waals surface area contributed by atoms with Crippen LogP contribution in [0.5, 0.6) is 0 Å². The summed E-state index contributed by atoms with van der Waals surface area (Å²) in [5.74, 6) is 0.419. The van der Waals surface area contributed by atoms with Gasteiger partial charge in [-0.3, -0.25) is 14.2 Å². The van der Waals surface area contributed by atoms with Crippen molar-refractivity contribution in [3.8, 4) is 0 Å². The molecule has 1 aromatic carbocycles. The molecule has 0 fully saturated rings. The van der Waals surface area contributed by atoms with Crippen LogP contribution in [0, 0.1) is 5.92 Å². The second kappa shape index (κ2) is 7.41. The molecular weight excluding hydrogens is 382 g/mol. The zero-order chi connectivity index (χ0) is 20.8. The first-order valence-electron chi connectivity index (χ1n) is 10.1. The molecule has 0 saturated heterocycles. The SMILES string of the molecule is C[C@@H]1CCc2c(sc3ncn(CC(=O)Nc4ccc(C(C)(C)C)cc4)c(=O)c23)C1. The lowest BCUT2D eigenvalue weighted by Gasteiger charge is -2.19. The van der Waals surface area contributed by atoms with E-state index in [0.717, 1.165) is 35.3 Å². The Bertz CT molecular complexity index is 1120. The van der Waals surface area contributed by atoms with Crippen molar-refractivity contribution in [3.05, 3.63) is 57.0 Å². The highest BCUT2D eigenvalue weighted by Crippen LogP contribution is 2.35. The third-order valence-corrected chi connectivity index (χ3v) is 6.79. The topological polar surface area (TPSA) is 64.0 Å². The molecular formula is C23H27N3O2S. The number of rotatable bonds is 3. The molecule has 2 aromatic heterocycles. The molecule has 0 unspecified atom stereocenters. The Morgan fingerprint density at radius 3 is 2.69 bits per heavy atom. The standard InChI is InChI=1S/C23H27N3O2S/c1-14-5-10-17-18(11-14)29-21-20(17)22(28)26(13-24-21)12-19(27)25-16-8-6-15(7-9-16)23(2,3)4/h6-9,13-14H,5,10-12H2,1-4H3,(H,25,27)/t14-/m1/s1. The third kappa shape index (κ3) is 3.99. The average Bonchev–Trinajstić information content (AvgIpc) is 3.02. The van der Waals surface area contributed by atoms with Crippen LogP contribution in [-0.2, 0) is 29.6 Å². The van der Waals surface area contributed by atoms with Gasteiger partial charge in [-0.2, -0.15) is 0 Å². The molecule has 0 spiro atoms. The minimum Gasteiger partial charge on any atom is -0.325 e. The number of anilines is 1. The summed E-state index contributed by atoms with van der Waals surface area (Å²) >= 11 is 1.63. The van der Waals surface area contributed by atoms with E-state index in [1.54, 1.807) is 11.3 Å². The van der Waals surface area contributed by atoms with Gasteiger partial charge in [0.25, 0.3) is 5.56 Å². The number of amides is 1. The average molecular weight is 410 g/mol. The van der Waals surface area contributed by atoms with Gasteiger partial charge >= 0.3 is 0 Å². The number of aromatic nitrogens is 2. The highest BCUT2D eigenvalue weighted by Gasteiger charge is 2.23. The van der Waals surface area contributed by atoms with Gasteiger partial charge in [-0.1, -0.05) is 39.8 Å². The fourth-order valence-corrected chi connectivity index (χ4v) is 5.23. The first kappa shape index (κ1) is 19.8. The molecule has 0 saturated carbocycles. The molecule has 1 atom stereocenters. The summed E-state index contributed by atoms with van der Waals surface area (Å²) in [5, 5.41) is 3.59. The quantitative estimate of drug-likeness (QED) is 0.692. The number of hydrogen-bond donors (Lipinski definition) is 1. The lowest BCUT2D eigenvalue weighted by atomic mass is 9.87. The zero-order valence-electron chi connectivity index (χ0n) is 17.4. The molecule has 1 N–H and O–H groups in total. The van der Waals surface area contributed by atoms with Gasteiger partial charge in [0.2, 0.25) is 5.91 Å². The fourth-order valence-electron chi connectivity index (χ4n) is 3.89. The van der Waals surface area contributed by atoms with E-state index >= 15 is 0 Å². The van der Waals surface area contributed by atoms with Crippen molar-refractivity contribution in [2.75, 3.05) is 5.32 Å². The fraction of sp³-hybridized carbons (Fsp3) is 0.435. The molecule has 29 heavy (non-hydrogen) atoms. The molecule has 4 rings (SSSR count). The molecule has 5 nitrogen and oxygen atoms in total. The van der Waals surface area contributed by atoms with Gasteiger partial charge in [-0.25, -0.2) is 4.98 Å². The number of fused-ring (bicyclic) bond motifs is 3.